The third kappa shape index (κ3) is 15.9. The van der Waals surface area contributed by atoms with Gasteiger partial charge < -0.3 is 10.2 Å². The Bertz CT molecular complexity index is 426. The lowest BCUT2D eigenvalue weighted by Gasteiger charge is -2.04. The Morgan fingerprint density at radius 3 is 1.77 bits per heavy atom. The number of hydrogen-bond donors (Lipinski definition) is 2. The summed E-state index contributed by atoms with van der Waals surface area (Å²) in [4.78, 5) is 21.3. The van der Waals surface area contributed by atoms with E-state index in [4.69, 9.17) is 10.2 Å². The lowest BCUT2D eigenvalue weighted by atomic mass is 10.0. The van der Waals surface area contributed by atoms with Gasteiger partial charge in [-0.05, 0) is 44.9 Å². The first-order valence-corrected chi connectivity index (χ1v) is 10.2. The van der Waals surface area contributed by atoms with Crippen LogP contribution >= 0.6 is 0 Å². The number of carboxylic acid groups (broad SMARTS) is 2. The normalized spacial score (nSPS) is 12.3. The standard InChI is InChI=1S/C22H38O4/c1-19(21(23)24)17-15-13-11-9-7-5-3-4-6-8-10-12-14-16-18-20(2)22(25)26/h4,6,20H,1,3,5,7-18H2,2H3,(H,23,24)(H,25,26)/b6-4-. The number of allylic oxidation sites excluding steroid dienone is 2. The summed E-state index contributed by atoms with van der Waals surface area (Å²) in [6.45, 7) is 5.32. The lowest BCUT2D eigenvalue weighted by molar-refractivity contribution is -0.141. The van der Waals surface area contributed by atoms with Gasteiger partial charge in [0.15, 0.2) is 0 Å². The van der Waals surface area contributed by atoms with E-state index < -0.39 is 11.9 Å². The fraction of sp³-hybridized carbons (Fsp3) is 0.727. The Morgan fingerprint density at radius 1 is 0.808 bits per heavy atom. The van der Waals surface area contributed by atoms with Crippen molar-refractivity contribution >= 4 is 11.9 Å². The number of carbonyl (C=O) groups is 2. The molecule has 0 aliphatic heterocycles. The van der Waals surface area contributed by atoms with Crippen molar-refractivity contribution in [3.63, 3.8) is 0 Å². The molecule has 0 saturated carbocycles. The largest absolute Gasteiger partial charge is 0.481 e. The molecule has 0 amide bonds. The van der Waals surface area contributed by atoms with E-state index in [9.17, 15) is 9.59 Å². The quantitative estimate of drug-likeness (QED) is 0.168. The Hall–Kier alpha value is -1.58. The minimum Gasteiger partial charge on any atom is -0.481 e. The zero-order valence-electron chi connectivity index (χ0n) is 16.5. The molecule has 26 heavy (non-hydrogen) atoms. The van der Waals surface area contributed by atoms with Crippen molar-refractivity contribution in [1.82, 2.24) is 0 Å². The predicted molar refractivity (Wildman–Crippen MR) is 107 cm³/mol. The zero-order chi connectivity index (χ0) is 19.6. The Morgan fingerprint density at radius 2 is 1.27 bits per heavy atom. The summed E-state index contributed by atoms with van der Waals surface area (Å²) < 4.78 is 0. The first-order valence-electron chi connectivity index (χ1n) is 10.2. The molecule has 0 radical (unpaired) electrons. The highest BCUT2D eigenvalue weighted by Crippen LogP contribution is 2.13. The van der Waals surface area contributed by atoms with E-state index in [-0.39, 0.29) is 5.92 Å². The van der Waals surface area contributed by atoms with Gasteiger partial charge in [-0.1, -0.05) is 70.6 Å². The second kappa shape index (κ2) is 16.9. The second-order valence-electron chi connectivity index (χ2n) is 7.27. The van der Waals surface area contributed by atoms with Gasteiger partial charge in [-0.15, -0.1) is 0 Å². The first-order chi connectivity index (χ1) is 12.4. The minimum atomic E-state index is -0.871. The van der Waals surface area contributed by atoms with Gasteiger partial charge in [0.1, 0.15) is 0 Å². The van der Waals surface area contributed by atoms with E-state index >= 15 is 0 Å². The van der Waals surface area contributed by atoms with Gasteiger partial charge in [-0.25, -0.2) is 4.79 Å². The van der Waals surface area contributed by atoms with Crippen LogP contribution in [0.2, 0.25) is 0 Å². The molecule has 0 aromatic heterocycles. The molecule has 0 fully saturated rings. The zero-order valence-corrected chi connectivity index (χ0v) is 16.5. The van der Waals surface area contributed by atoms with Gasteiger partial charge in [-0.2, -0.15) is 0 Å². The summed E-state index contributed by atoms with van der Waals surface area (Å²) >= 11 is 0. The maximum atomic E-state index is 10.7. The van der Waals surface area contributed by atoms with Crippen LogP contribution in [0.3, 0.4) is 0 Å². The molecular formula is C22H38O4. The minimum absolute atomic E-state index is 0.209. The summed E-state index contributed by atoms with van der Waals surface area (Å²) in [5.41, 5.74) is 0.324. The van der Waals surface area contributed by atoms with Gasteiger partial charge >= 0.3 is 11.9 Å². The number of carboxylic acids is 2. The molecule has 2 N–H and O–H groups in total. The van der Waals surface area contributed by atoms with Crippen LogP contribution in [0.4, 0.5) is 0 Å². The van der Waals surface area contributed by atoms with Crippen LogP contribution in [0.5, 0.6) is 0 Å². The van der Waals surface area contributed by atoms with E-state index in [0.717, 1.165) is 44.9 Å². The fourth-order valence-corrected chi connectivity index (χ4v) is 2.84. The number of rotatable bonds is 18. The topological polar surface area (TPSA) is 74.6 Å². The van der Waals surface area contributed by atoms with E-state index in [2.05, 4.69) is 18.7 Å². The van der Waals surface area contributed by atoms with Crippen LogP contribution in [0.1, 0.15) is 96.8 Å². The fourth-order valence-electron chi connectivity index (χ4n) is 2.84. The molecule has 1 unspecified atom stereocenters. The van der Waals surface area contributed by atoms with Crippen LogP contribution in [-0.2, 0) is 9.59 Å². The number of unbranched alkanes of at least 4 members (excludes halogenated alkanes) is 10. The highest BCUT2D eigenvalue weighted by Gasteiger charge is 2.09. The maximum absolute atomic E-state index is 10.7. The molecule has 1 atom stereocenters. The van der Waals surface area contributed by atoms with Crippen molar-refractivity contribution in [2.75, 3.05) is 0 Å². The van der Waals surface area contributed by atoms with Crippen molar-refractivity contribution in [3.05, 3.63) is 24.3 Å². The smallest absolute Gasteiger partial charge is 0.330 e. The number of aliphatic carboxylic acids is 2. The summed E-state index contributed by atoms with van der Waals surface area (Å²) in [6, 6.07) is 0. The van der Waals surface area contributed by atoms with Crippen molar-refractivity contribution < 1.29 is 19.8 Å². The van der Waals surface area contributed by atoms with Crippen LogP contribution < -0.4 is 0 Å². The molecule has 0 saturated heterocycles. The van der Waals surface area contributed by atoms with Gasteiger partial charge in [0.25, 0.3) is 0 Å². The van der Waals surface area contributed by atoms with Crippen molar-refractivity contribution in [1.29, 1.82) is 0 Å². The highest BCUT2D eigenvalue weighted by atomic mass is 16.4. The Labute approximate surface area is 159 Å². The molecule has 150 valence electrons. The third-order valence-corrected chi connectivity index (χ3v) is 4.75. The molecule has 0 aliphatic carbocycles. The molecule has 0 aromatic carbocycles. The monoisotopic (exact) mass is 366 g/mol. The lowest BCUT2D eigenvalue weighted by Crippen LogP contribution is -2.08. The second-order valence-corrected chi connectivity index (χ2v) is 7.27. The van der Waals surface area contributed by atoms with Crippen LogP contribution in [-0.4, -0.2) is 22.2 Å². The molecule has 0 aromatic rings. The predicted octanol–water partition coefficient (Wildman–Crippen LogP) is 6.37. The average molecular weight is 367 g/mol. The third-order valence-electron chi connectivity index (χ3n) is 4.75. The molecular weight excluding hydrogens is 328 g/mol. The van der Waals surface area contributed by atoms with Gasteiger partial charge in [0, 0.05) is 5.57 Å². The van der Waals surface area contributed by atoms with Crippen LogP contribution in [0, 0.1) is 5.92 Å². The molecule has 0 bridgehead atoms. The summed E-state index contributed by atoms with van der Waals surface area (Å²) in [7, 11) is 0. The Kier molecular flexibility index (Phi) is 15.8. The van der Waals surface area contributed by atoms with Gasteiger partial charge in [-0.3, -0.25) is 4.79 Å². The maximum Gasteiger partial charge on any atom is 0.330 e. The molecule has 0 aliphatic rings. The van der Waals surface area contributed by atoms with Crippen molar-refractivity contribution in [3.8, 4) is 0 Å². The molecule has 0 rings (SSSR count). The summed E-state index contributed by atoms with van der Waals surface area (Å²) in [5.74, 6) is -1.76. The van der Waals surface area contributed by atoms with Crippen LogP contribution in [0.15, 0.2) is 24.3 Å². The van der Waals surface area contributed by atoms with Crippen molar-refractivity contribution in [2.24, 2.45) is 5.92 Å². The van der Waals surface area contributed by atoms with E-state index in [1.165, 1.54) is 38.5 Å². The molecule has 0 heterocycles. The SMILES string of the molecule is C=C(CCCCCCCC/C=C\CCCCCCC(C)C(=O)O)C(=O)O. The average Bonchev–Trinajstić information content (AvgIpc) is 2.60. The van der Waals surface area contributed by atoms with Crippen LogP contribution in [0.25, 0.3) is 0 Å². The van der Waals surface area contributed by atoms with Gasteiger partial charge in [0.2, 0.25) is 0 Å². The Balaban J connectivity index is 3.25. The molecule has 0 spiro atoms. The van der Waals surface area contributed by atoms with E-state index in [1.807, 2.05) is 0 Å². The van der Waals surface area contributed by atoms with Crippen molar-refractivity contribution in [2.45, 2.75) is 96.8 Å². The first kappa shape index (κ1) is 24.4. The van der Waals surface area contributed by atoms with Gasteiger partial charge in [0.05, 0.1) is 5.92 Å². The highest BCUT2D eigenvalue weighted by molar-refractivity contribution is 5.85. The van der Waals surface area contributed by atoms with E-state index in [0.29, 0.717) is 12.0 Å². The number of hydrogen-bond acceptors (Lipinski definition) is 2. The summed E-state index contributed by atoms with van der Waals surface area (Å²) in [5, 5.41) is 17.5. The van der Waals surface area contributed by atoms with E-state index in [1.54, 1.807) is 6.92 Å². The molecule has 4 heteroatoms. The molecule has 4 nitrogen and oxygen atoms in total. The summed E-state index contributed by atoms with van der Waals surface area (Å²) in [6.07, 6.45) is 19.6.